The summed E-state index contributed by atoms with van der Waals surface area (Å²) in [4.78, 5) is 12.2. The second-order valence-electron chi connectivity index (χ2n) is 4.70. The predicted molar refractivity (Wildman–Crippen MR) is 74.0 cm³/mol. The van der Waals surface area contributed by atoms with Crippen molar-refractivity contribution < 1.29 is 14.6 Å². The molecule has 1 saturated heterocycles. The minimum Gasteiger partial charge on any atom is -0.389 e. The van der Waals surface area contributed by atoms with Crippen LogP contribution in [0.3, 0.4) is 0 Å². The van der Waals surface area contributed by atoms with Crippen molar-refractivity contribution in [2.75, 3.05) is 19.7 Å². The number of carbonyl (C=O) groups is 1. The summed E-state index contributed by atoms with van der Waals surface area (Å²) in [5, 5.41) is 17.8. The number of aliphatic hydroxyl groups is 1. The van der Waals surface area contributed by atoms with E-state index in [1.54, 1.807) is 11.3 Å². The number of piperidine rings is 1. The van der Waals surface area contributed by atoms with Crippen LogP contribution in [0.2, 0.25) is 0 Å². The summed E-state index contributed by atoms with van der Waals surface area (Å²) < 4.78 is 5.45. The molecule has 0 aliphatic carbocycles. The lowest BCUT2D eigenvalue weighted by Crippen LogP contribution is -2.48. The van der Waals surface area contributed by atoms with Gasteiger partial charge < -0.3 is 20.5 Å². The van der Waals surface area contributed by atoms with E-state index in [1.165, 1.54) is 0 Å². The molecule has 19 heavy (non-hydrogen) atoms. The van der Waals surface area contributed by atoms with Crippen molar-refractivity contribution in [2.24, 2.45) is 0 Å². The van der Waals surface area contributed by atoms with Crippen molar-refractivity contribution in [2.45, 2.75) is 31.6 Å². The van der Waals surface area contributed by atoms with Crippen LogP contribution in [0.1, 0.15) is 17.7 Å². The van der Waals surface area contributed by atoms with E-state index >= 15 is 0 Å². The highest BCUT2D eigenvalue weighted by Gasteiger charge is 2.18. The summed E-state index contributed by atoms with van der Waals surface area (Å²) in [6.45, 7) is 2.00. The maximum absolute atomic E-state index is 11.0. The second kappa shape index (κ2) is 7.59. The van der Waals surface area contributed by atoms with Crippen molar-refractivity contribution in [1.29, 1.82) is 0 Å². The van der Waals surface area contributed by atoms with Gasteiger partial charge in [-0.25, -0.2) is 0 Å². The van der Waals surface area contributed by atoms with Crippen LogP contribution in [-0.2, 0) is 16.1 Å². The molecule has 0 aromatic carbocycles. The van der Waals surface area contributed by atoms with Gasteiger partial charge in [0.15, 0.2) is 0 Å². The van der Waals surface area contributed by atoms with E-state index in [2.05, 4.69) is 10.6 Å². The summed E-state index contributed by atoms with van der Waals surface area (Å²) in [5.41, 5.74) is 0. The molecule has 106 valence electrons. The van der Waals surface area contributed by atoms with Gasteiger partial charge in [0.1, 0.15) is 0 Å². The van der Waals surface area contributed by atoms with E-state index in [-0.39, 0.29) is 11.9 Å². The molecule has 2 rings (SSSR count). The van der Waals surface area contributed by atoms with Gasteiger partial charge in [0.25, 0.3) is 0 Å². The van der Waals surface area contributed by atoms with Crippen molar-refractivity contribution in [1.82, 2.24) is 10.6 Å². The molecule has 1 aliphatic rings. The summed E-state index contributed by atoms with van der Waals surface area (Å²) >= 11 is 1.65. The van der Waals surface area contributed by atoms with Gasteiger partial charge in [0, 0.05) is 30.4 Å². The van der Waals surface area contributed by atoms with Crippen LogP contribution in [0.25, 0.3) is 0 Å². The SMILES string of the molecule is O=C1CCC(NCC(O)COCc2cccs2)CN1. The van der Waals surface area contributed by atoms with E-state index < -0.39 is 6.10 Å². The van der Waals surface area contributed by atoms with Gasteiger partial charge in [0.2, 0.25) is 5.91 Å². The fourth-order valence-electron chi connectivity index (χ4n) is 1.96. The number of nitrogens with one attached hydrogen (secondary N) is 2. The van der Waals surface area contributed by atoms with Crippen LogP contribution < -0.4 is 10.6 Å². The van der Waals surface area contributed by atoms with Crippen molar-refractivity contribution >= 4 is 17.2 Å². The molecule has 2 unspecified atom stereocenters. The molecule has 1 fully saturated rings. The Hall–Kier alpha value is -0.950. The van der Waals surface area contributed by atoms with Crippen LogP contribution in [0.5, 0.6) is 0 Å². The van der Waals surface area contributed by atoms with Gasteiger partial charge >= 0.3 is 0 Å². The average Bonchev–Trinajstić information content (AvgIpc) is 2.91. The molecule has 0 radical (unpaired) electrons. The van der Waals surface area contributed by atoms with Gasteiger partial charge in [-0.15, -0.1) is 11.3 Å². The number of ether oxygens (including phenoxy) is 1. The highest BCUT2D eigenvalue weighted by Crippen LogP contribution is 2.09. The Kier molecular flexibility index (Phi) is 5.78. The zero-order chi connectivity index (χ0) is 13.5. The first-order chi connectivity index (χ1) is 9.24. The van der Waals surface area contributed by atoms with Crippen molar-refractivity contribution in [3.63, 3.8) is 0 Å². The molecule has 5 nitrogen and oxygen atoms in total. The fourth-order valence-corrected chi connectivity index (χ4v) is 2.60. The van der Waals surface area contributed by atoms with E-state index in [0.717, 1.165) is 11.3 Å². The zero-order valence-electron chi connectivity index (χ0n) is 10.8. The Morgan fingerprint density at radius 1 is 1.63 bits per heavy atom. The minimum atomic E-state index is -0.516. The van der Waals surface area contributed by atoms with Gasteiger partial charge in [-0.2, -0.15) is 0 Å². The number of aliphatic hydroxyl groups excluding tert-OH is 1. The Morgan fingerprint density at radius 2 is 2.53 bits per heavy atom. The average molecular weight is 284 g/mol. The van der Waals surface area contributed by atoms with Crippen LogP contribution >= 0.6 is 11.3 Å². The Balaban J connectivity index is 1.54. The third-order valence-electron chi connectivity index (χ3n) is 3.04. The Morgan fingerprint density at radius 3 is 3.21 bits per heavy atom. The van der Waals surface area contributed by atoms with E-state index in [4.69, 9.17) is 4.74 Å². The topological polar surface area (TPSA) is 70.6 Å². The fraction of sp³-hybridized carbons (Fsp3) is 0.615. The van der Waals surface area contributed by atoms with Gasteiger partial charge in [0.05, 0.1) is 19.3 Å². The van der Waals surface area contributed by atoms with E-state index in [0.29, 0.717) is 32.7 Å². The number of hydrogen-bond acceptors (Lipinski definition) is 5. The summed E-state index contributed by atoms with van der Waals surface area (Å²) in [7, 11) is 0. The molecule has 0 bridgehead atoms. The summed E-state index contributed by atoms with van der Waals surface area (Å²) in [6, 6.07) is 4.25. The largest absolute Gasteiger partial charge is 0.389 e. The maximum atomic E-state index is 11.0. The highest BCUT2D eigenvalue weighted by atomic mass is 32.1. The second-order valence-corrected chi connectivity index (χ2v) is 5.73. The summed E-state index contributed by atoms with van der Waals surface area (Å²) in [6.07, 6.45) is 0.870. The molecule has 0 saturated carbocycles. The molecule has 1 amide bonds. The van der Waals surface area contributed by atoms with Crippen LogP contribution in [0, 0.1) is 0 Å². The molecule has 2 heterocycles. The number of rotatable bonds is 7. The van der Waals surface area contributed by atoms with Crippen molar-refractivity contribution in [3.8, 4) is 0 Å². The smallest absolute Gasteiger partial charge is 0.220 e. The molecular weight excluding hydrogens is 264 g/mol. The molecule has 2 atom stereocenters. The minimum absolute atomic E-state index is 0.109. The van der Waals surface area contributed by atoms with Gasteiger partial charge in [-0.1, -0.05) is 6.07 Å². The van der Waals surface area contributed by atoms with Gasteiger partial charge in [-0.05, 0) is 17.9 Å². The first-order valence-electron chi connectivity index (χ1n) is 6.52. The first-order valence-corrected chi connectivity index (χ1v) is 7.40. The lowest BCUT2D eigenvalue weighted by Gasteiger charge is -2.24. The lowest BCUT2D eigenvalue weighted by atomic mass is 10.1. The number of carbonyl (C=O) groups excluding carboxylic acids is 1. The van der Waals surface area contributed by atoms with Crippen LogP contribution in [0.15, 0.2) is 17.5 Å². The first kappa shape index (κ1) is 14.5. The quantitative estimate of drug-likeness (QED) is 0.682. The molecule has 1 aliphatic heterocycles. The molecule has 6 heteroatoms. The Bertz CT molecular complexity index is 373. The zero-order valence-corrected chi connectivity index (χ0v) is 11.6. The monoisotopic (exact) mass is 284 g/mol. The number of thiophene rings is 1. The summed E-state index contributed by atoms with van der Waals surface area (Å²) in [5.74, 6) is 0.109. The highest BCUT2D eigenvalue weighted by molar-refractivity contribution is 7.09. The van der Waals surface area contributed by atoms with Gasteiger partial charge in [-0.3, -0.25) is 4.79 Å². The molecule has 1 aromatic heterocycles. The third-order valence-corrected chi connectivity index (χ3v) is 3.89. The third kappa shape index (κ3) is 5.28. The number of amides is 1. The number of hydrogen-bond donors (Lipinski definition) is 3. The van der Waals surface area contributed by atoms with Crippen LogP contribution in [0.4, 0.5) is 0 Å². The van der Waals surface area contributed by atoms with E-state index in [9.17, 15) is 9.90 Å². The predicted octanol–water partition coefficient (Wildman–Crippen LogP) is 0.494. The molecule has 0 spiro atoms. The molecule has 1 aromatic rings. The normalized spacial score (nSPS) is 21.1. The van der Waals surface area contributed by atoms with Crippen LogP contribution in [-0.4, -0.2) is 42.9 Å². The molecule has 3 N–H and O–H groups in total. The lowest BCUT2D eigenvalue weighted by molar-refractivity contribution is -0.122. The van der Waals surface area contributed by atoms with Crippen molar-refractivity contribution in [3.05, 3.63) is 22.4 Å². The Labute approximate surface area is 117 Å². The van der Waals surface area contributed by atoms with E-state index in [1.807, 2.05) is 17.5 Å². The molecular formula is C13H20N2O3S. The maximum Gasteiger partial charge on any atom is 0.220 e. The standard InChI is InChI=1S/C13H20N2O3S/c16-11(8-18-9-12-2-1-5-19-12)7-14-10-3-4-13(17)15-6-10/h1-2,5,10-11,14,16H,3-4,6-9H2,(H,15,17).